The van der Waals surface area contributed by atoms with E-state index in [1.54, 1.807) is 23.7 Å². The SMILES string of the molecule is Cc1cc(-n2nc(C(=O)O)c3c2CCOC3)ccc1F. The minimum Gasteiger partial charge on any atom is -0.476 e. The molecule has 0 bridgehead atoms. The minimum atomic E-state index is -1.08. The molecule has 0 radical (unpaired) electrons. The Morgan fingerprint density at radius 2 is 2.30 bits per heavy atom. The first-order chi connectivity index (χ1) is 9.58. The summed E-state index contributed by atoms with van der Waals surface area (Å²) in [6.45, 7) is 2.44. The molecule has 2 heterocycles. The summed E-state index contributed by atoms with van der Waals surface area (Å²) in [6.07, 6.45) is 0.589. The molecule has 0 saturated carbocycles. The van der Waals surface area contributed by atoms with Gasteiger partial charge in [0.25, 0.3) is 0 Å². The molecule has 0 fully saturated rings. The van der Waals surface area contributed by atoms with Crippen molar-refractivity contribution >= 4 is 5.97 Å². The van der Waals surface area contributed by atoms with E-state index in [9.17, 15) is 14.3 Å². The lowest BCUT2D eigenvalue weighted by Gasteiger charge is -2.15. The molecule has 1 N–H and O–H groups in total. The topological polar surface area (TPSA) is 64.4 Å². The van der Waals surface area contributed by atoms with Crippen molar-refractivity contribution in [3.8, 4) is 5.69 Å². The van der Waals surface area contributed by atoms with Gasteiger partial charge in [-0.1, -0.05) is 0 Å². The number of hydrogen-bond donors (Lipinski definition) is 1. The maximum atomic E-state index is 13.3. The fraction of sp³-hybridized carbons (Fsp3) is 0.286. The number of carbonyl (C=O) groups is 1. The van der Waals surface area contributed by atoms with Crippen molar-refractivity contribution in [2.75, 3.05) is 6.61 Å². The fourth-order valence-corrected chi connectivity index (χ4v) is 2.38. The Balaban J connectivity index is 2.18. The summed E-state index contributed by atoms with van der Waals surface area (Å²) in [5, 5.41) is 13.4. The number of rotatable bonds is 2. The molecule has 0 amide bonds. The van der Waals surface area contributed by atoms with Crippen LogP contribution in [0.15, 0.2) is 18.2 Å². The first kappa shape index (κ1) is 12.8. The zero-order chi connectivity index (χ0) is 14.3. The maximum absolute atomic E-state index is 13.3. The van der Waals surface area contributed by atoms with Crippen molar-refractivity contribution in [2.24, 2.45) is 0 Å². The van der Waals surface area contributed by atoms with Crippen LogP contribution >= 0.6 is 0 Å². The zero-order valence-electron chi connectivity index (χ0n) is 10.9. The van der Waals surface area contributed by atoms with Crippen molar-refractivity contribution in [1.29, 1.82) is 0 Å². The van der Waals surface area contributed by atoms with Gasteiger partial charge in [-0.2, -0.15) is 5.10 Å². The average molecular weight is 276 g/mol. The number of ether oxygens (including phenoxy) is 1. The first-order valence-corrected chi connectivity index (χ1v) is 6.26. The van der Waals surface area contributed by atoms with Crippen LogP contribution in [0.25, 0.3) is 5.69 Å². The molecule has 0 aliphatic carbocycles. The van der Waals surface area contributed by atoms with E-state index < -0.39 is 5.97 Å². The average Bonchev–Trinajstić information content (AvgIpc) is 2.82. The van der Waals surface area contributed by atoms with Crippen LogP contribution in [0.5, 0.6) is 0 Å². The van der Waals surface area contributed by atoms with Gasteiger partial charge in [-0.25, -0.2) is 13.9 Å². The quantitative estimate of drug-likeness (QED) is 0.912. The van der Waals surface area contributed by atoms with E-state index in [1.807, 2.05) is 0 Å². The molecule has 1 aromatic carbocycles. The second-order valence-corrected chi connectivity index (χ2v) is 4.73. The van der Waals surface area contributed by atoms with Gasteiger partial charge in [-0.05, 0) is 30.7 Å². The number of carboxylic acids is 1. The van der Waals surface area contributed by atoms with Crippen molar-refractivity contribution in [3.05, 3.63) is 46.5 Å². The summed E-state index contributed by atoms with van der Waals surface area (Å²) in [4.78, 5) is 11.2. The Hall–Kier alpha value is -2.21. The highest BCUT2D eigenvalue weighted by molar-refractivity contribution is 5.87. The van der Waals surface area contributed by atoms with E-state index in [0.29, 0.717) is 29.8 Å². The van der Waals surface area contributed by atoms with Gasteiger partial charge >= 0.3 is 5.97 Å². The second-order valence-electron chi connectivity index (χ2n) is 4.73. The van der Waals surface area contributed by atoms with Gasteiger partial charge < -0.3 is 9.84 Å². The number of aromatic carboxylic acids is 1. The van der Waals surface area contributed by atoms with Gasteiger partial charge in [-0.15, -0.1) is 0 Å². The summed E-state index contributed by atoms with van der Waals surface area (Å²) in [5.74, 6) is -1.37. The van der Waals surface area contributed by atoms with Gasteiger partial charge in [0.1, 0.15) is 5.82 Å². The second kappa shape index (κ2) is 4.72. The van der Waals surface area contributed by atoms with E-state index >= 15 is 0 Å². The van der Waals surface area contributed by atoms with E-state index in [4.69, 9.17) is 4.74 Å². The third-order valence-electron chi connectivity index (χ3n) is 3.41. The molecule has 20 heavy (non-hydrogen) atoms. The van der Waals surface area contributed by atoms with E-state index in [-0.39, 0.29) is 18.1 Å². The predicted molar refractivity (Wildman–Crippen MR) is 68.6 cm³/mol. The largest absolute Gasteiger partial charge is 0.476 e. The summed E-state index contributed by atoms with van der Waals surface area (Å²) in [7, 11) is 0. The number of nitrogens with zero attached hydrogens (tertiary/aromatic N) is 2. The molecule has 0 spiro atoms. The molecular formula is C14H13FN2O3. The molecule has 0 atom stereocenters. The van der Waals surface area contributed by atoms with Gasteiger partial charge in [0, 0.05) is 12.0 Å². The highest BCUT2D eigenvalue weighted by Gasteiger charge is 2.25. The number of fused-ring (bicyclic) bond motifs is 1. The third kappa shape index (κ3) is 1.98. The zero-order valence-corrected chi connectivity index (χ0v) is 10.9. The Morgan fingerprint density at radius 1 is 1.50 bits per heavy atom. The number of hydrogen-bond acceptors (Lipinski definition) is 3. The van der Waals surface area contributed by atoms with Crippen LogP contribution in [-0.4, -0.2) is 27.5 Å². The van der Waals surface area contributed by atoms with Gasteiger partial charge in [0.2, 0.25) is 0 Å². The van der Waals surface area contributed by atoms with E-state index in [1.165, 1.54) is 6.07 Å². The Kier molecular flexibility index (Phi) is 3.02. The Morgan fingerprint density at radius 3 is 3.00 bits per heavy atom. The molecule has 0 unspecified atom stereocenters. The Labute approximate surface area is 114 Å². The van der Waals surface area contributed by atoms with Crippen LogP contribution in [-0.2, 0) is 17.8 Å². The maximum Gasteiger partial charge on any atom is 0.356 e. The molecule has 104 valence electrons. The van der Waals surface area contributed by atoms with Crippen LogP contribution in [0.4, 0.5) is 4.39 Å². The number of aromatic nitrogens is 2. The lowest BCUT2D eigenvalue weighted by atomic mass is 10.1. The number of halogens is 1. The number of carboxylic acid groups (broad SMARTS) is 1. The lowest BCUT2D eigenvalue weighted by molar-refractivity contribution is 0.0677. The molecule has 2 aromatic rings. The van der Waals surface area contributed by atoms with Crippen LogP contribution < -0.4 is 0 Å². The van der Waals surface area contributed by atoms with Crippen molar-refractivity contribution in [3.63, 3.8) is 0 Å². The highest BCUT2D eigenvalue weighted by atomic mass is 19.1. The molecule has 1 aliphatic heterocycles. The minimum absolute atomic E-state index is 0.00155. The normalized spacial score (nSPS) is 14.1. The smallest absolute Gasteiger partial charge is 0.356 e. The Bertz CT molecular complexity index is 694. The summed E-state index contributed by atoms with van der Waals surface area (Å²) in [5.41, 5.74) is 2.58. The van der Waals surface area contributed by atoms with Crippen LogP contribution in [0.1, 0.15) is 27.3 Å². The molecule has 0 saturated heterocycles. The lowest BCUT2D eigenvalue weighted by Crippen LogP contribution is -2.13. The molecular weight excluding hydrogens is 263 g/mol. The molecule has 3 rings (SSSR count). The fourth-order valence-electron chi connectivity index (χ4n) is 2.38. The van der Waals surface area contributed by atoms with Crippen molar-refractivity contribution in [1.82, 2.24) is 9.78 Å². The number of benzene rings is 1. The molecule has 1 aliphatic rings. The van der Waals surface area contributed by atoms with E-state index in [2.05, 4.69) is 5.10 Å². The van der Waals surface area contributed by atoms with Gasteiger partial charge in [0.15, 0.2) is 5.69 Å². The summed E-state index contributed by atoms with van der Waals surface area (Å²) in [6, 6.07) is 4.61. The van der Waals surface area contributed by atoms with Crippen LogP contribution in [0, 0.1) is 12.7 Å². The highest BCUT2D eigenvalue weighted by Crippen LogP contribution is 2.24. The standard InChI is InChI=1S/C14H13FN2O3/c1-8-6-9(2-3-11(8)15)17-12-4-5-20-7-10(12)13(16-17)14(18)19/h2-3,6H,4-5,7H2,1H3,(H,18,19). The molecule has 5 nitrogen and oxygen atoms in total. The van der Waals surface area contributed by atoms with Gasteiger partial charge in [0.05, 0.1) is 24.6 Å². The van der Waals surface area contributed by atoms with Gasteiger partial charge in [-0.3, -0.25) is 0 Å². The third-order valence-corrected chi connectivity index (χ3v) is 3.41. The predicted octanol–water partition coefficient (Wildman–Crippen LogP) is 2.09. The summed E-state index contributed by atoms with van der Waals surface area (Å²) < 4.78 is 20.2. The van der Waals surface area contributed by atoms with Crippen LogP contribution in [0.2, 0.25) is 0 Å². The van der Waals surface area contributed by atoms with Crippen molar-refractivity contribution < 1.29 is 19.0 Å². The first-order valence-electron chi connectivity index (χ1n) is 6.26. The molecule has 6 heteroatoms. The molecule has 1 aromatic heterocycles. The van der Waals surface area contributed by atoms with Crippen LogP contribution in [0.3, 0.4) is 0 Å². The number of aryl methyl sites for hydroxylation is 1. The van der Waals surface area contributed by atoms with Crippen molar-refractivity contribution in [2.45, 2.75) is 20.0 Å². The van der Waals surface area contributed by atoms with E-state index in [0.717, 1.165) is 5.69 Å². The summed E-state index contributed by atoms with van der Waals surface area (Å²) >= 11 is 0. The monoisotopic (exact) mass is 276 g/mol.